The van der Waals surface area contributed by atoms with Gasteiger partial charge in [-0.1, -0.05) is 18.2 Å². The number of nitriles is 1. The van der Waals surface area contributed by atoms with Gasteiger partial charge in [0.2, 0.25) is 0 Å². The Morgan fingerprint density at radius 1 is 1.23 bits per heavy atom. The molecule has 1 saturated heterocycles. The van der Waals surface area contributed by atoms with Gasteiger partial charge in [-0.05, 0) is 48.7 Å². The zero-order valence-electron chi connectivity index (χ0n) is 14.4. The number of benzene rings is 2. The summed E-state index contributed by atoms with van der Waals surface area (Å²) < 4.78 is 4.77. The number of esters is 1. The van der Waals surface area contributed by atoms with E-state index in [1.54, 1.807) is 47.4 Å². The van der Waals surface area contributed by atoms with E-state index in [9.17, 15) is 9.59 Å². The Hall–Kier alpha value is -3.33. The topological polar surface area (TPSA) is 82.4 Å². The second-order valence-corrected chi connectivity index (χ2v) is 6.09. The third-order valence-corrected chi connectivity index (χ3v) is 4.45. The Morgan fingerprint density at radius 3 is 2.81 bits per heavy atom. The number of carbonyl (C=O) groups excluding carboxylic acids is 2. The maximum atomic E-state index is 12.7. The fourth-order valence-corrected chi connectivity index (χ4v) is 3.21. The Kier molecular flexibility index (Phi) is 5.18. The van der Waals surface area contributed by atoms with Crippen LogP contribution in [0, 0.1) is 11.3 Å². The van der Waals surface area contributed by atoms with Crippen LogP contribution in [0.5, 0.6) is 0 Å². The van der Waals surface area contributed by atoms with Crippen LogP contribution in [0.1, 0.15) is 40.4 Å². The summed E-state index contributed by atoms with van der Waals surface area (Å²) in [5, 5.41) is 11.8. The first-order valence-electron chi connectivity index (χ1n) is 8.38. The SMILES string of the molecule is COC(=O)c1cccc([C@H]2CCCN2C(=O)Nc2cccc(C#N)c2)c1. The van der Waals surface area contributed by atoms with Gasteiger partial charge in [0.25, 0.3) is 0 Å². The molecule has 0 unspecified atom stereocenters. The molecule has 1 fully saturated rings. The molecule has 0 aromatic heterocycles. The van der Waals surface area contributed by atoms with Gasteiger partial charge in [0.05, 0.1) is 30.3 Å². The number of amides is 2. The lowest BCUT2D eigenvalue weighted by atomic mass is 10.0. The molecule has 6 nitrogen and oxygen atoms in total. The maximum Gasteiger partial charge on any atom is 0.337 e. The summed E-state index contributed by atoms with van der Waals surface area (Å²) in [6.45, 7) is 0.636. The van der Waals surface area contributed by atoms with Crippen LogP contribution in [0.2, 0.25) is 0 Å². The molecule has 3 rings (SSSR count). The molecule has 1 aliphatic heterocycles. The number of hydrogen-bond donors (Lipinski definition) is 1. The van der Waals surface area contributed by atoms with Crippen molar-refractivity contribution in [3.05, 3.63) is 65.2 Å². The maximum absolute atomic E-state index is 12.7. The van der Waals surface area contributed by atoms with Crippen molar-refractivity contribution in [1.29, 1.82) is 5.26 Å². The van der Waals surface area contributed by atoms with Gasteiger partial charge in [-0.25, -0.2) is 9.59 Å². The number of nitrogens with zero attached hydrogens (tertiary/aromatic N) is 2. The minimum absolute atomic E-state index is 0.0984. The molecular weight excluding hydrogens is 330 g/mol. The summed E-state index contributed by atoms with van der Waals surface area (Å²) in [5.74, 6) is -0.394. The zero-order valence-corrected chi connectivity index (χ0v) is 14.4. The second-order valence-electron chi connectivity index (χ2n) is 6.09. The standard InChI is InChI=1S/C20H19N3O3/c1-26-19(24)16-7-3-6-15(12-16)18-9-4-10-23(18)20(25)22-17-8-2-5-14(11-17)13-21/h2-3,5-8,11-12,18H,4,9-10H2,1H3,(H,22,25)/t18-/m1/s1. The van der Waals surface area contributed by atoms with Crippen molar-refractivity contribution < 1.29 is 14.3 Å². The van der Waals surface area contributed by atoms with Crippen LogP contribution in [0.25, 0.3) is 0 Å². The first kappa shape index (κ1) is 17.5. The van der Waals surface area contributed by atoms with Crippen molar-refractivity contribution in [2.75, 3.05) is 19.0 Å². The van der Waals surface area contributed by atoms with E-state index >= 15 is 0 Å². The molecule has 26 heavy (non-hydrogen) atoms. The Bertz CT molecular complexity index is 873. The van der Waals surface area contributed by atoms with Crippen LogP contribution in [0.4, 0.5) is 10.5 Å². The van der Waals surface area contributed by atoms with Gasteiger partial charge in [-0.2, -0.15) is 5.26 Å². The molecule has 2 aromatic rings. The average Bonchev–Trinajstić information content (AvgIpc) is 3.17. The van der Waals surface area contributed by atoms with E-state index in [1.807, 2.05) is 6.07 Å². The van der Waals surface area contributed by atoms with Crippen molar-refractivity contribution in [1.82, 2.24) is 4.90 Å². The predicted molar refractivity (Wildman–Crippen MR) is 96.6 cm³/mol. The Morgan fingerprint density at radius 2 is 2.04 bits per heavy atom. The van der Waals surface area contributed by atoms with Crippen molar-refractivity contribution >= 4 is 17.7 Å². The largest absolute Gasteiger partial charge is 0.465 e. The molecule has 1 N–H and O–H groups in total. The number of urea groups is 1. The number of ether oxygens (including phenoxy) is 1. The van der Waals surface area contributed by atoms with E-state index in [4.69, 9.17) is 10.00 Å². The van der Waals surface area contributed by atoms with E-state index in [1.165, 1.54) is 7.11 Å². The minimum atomic E-state index is -0.394. The smallest absolute Gasteiger partial charge is 0.337 e. The number of rotatable bonds is 3. The summed E-state index contributed by atoms with van der Waals surface area (Å²) in [6.07, 6.45) is 1.72. The number of carbonyl (C=O) groups is 2. The summed E-state index contributed by atoms with van der Waals surface area (Å²) >= 11 is 0. The van der Waals surface area contributed by atoms with Crippen LogP contribution in [0.3, 0.4) is 0 Å². The first-order valence-corrected chi connectivity index (χ1v) is 8.38. The van der Waals surface area contributed by atoms with E-state index in [0.29, 0.717) is 23.4 Å². The molecule has 0 aliphatic carbocycles. The highest BCUT2D eigenvalue weighted by molar-refractivity contribution is 5.91. The highest BCUT2D eigenvalue weighted by Crippen LogP contribution is 2.33. The predicted octanol–water partition coefficient (Wildman–Crippen LogP) is 3.71. The second kappa shape index (κ2) is 7.70. The van der Waals surface area contributed by atoms with E-state index in [2.05, 4.69) is 11.4 Å². The van der Waals surface area contributed by atoms with Gasteiger partial charge in [-0.15, -0.1) is 0 Å². The van der Waals surface area contributed by atoms with Crippen LogP contribution in [-0.4, -0.2) is 30.6 Å². The fourth-order valence-electron chi connectivity index (χ4n) is 3.21. The summed E-state index contributed by atoms with van der Waals surface area (Å²) in [4.78, 5) is 26.2. The normalized spacial score (nSPS) is 16.0. The monoisotopic (exact) mass is 349 g/mol. The van der Waals surface area contributed by atoms with Crippen LogP contribution < -0.4 is 5.32 Å². The van der Waals surface area contributed by atoms with E-state index in [-0.39, 0.29) is 12.1 Å². The molecule has 0 bridgehead atoms. The van der Waals surface area contributed by atoms with Gasteiger partial charge in [0, 0.05) is 12.2 Å². The molecule has 2 amide bonds. The molecule has 6 heteroatoms. The van der Waals surface area contributed by atoms with Crippen LogP contribution in [-0.2, 0) is 4.74 Å². The van der Waals surface area contributed by atoms with Gasteiger partial charge in [0.15, 0.2) is 0 Å². The van der Waals surface area contributed by atoms with Gasteiger partial charge in [0.1, 0.15) is 0 Å². The lowest BCUT2D eigenvalue weighted by Gasteiger charge is -2.25. The van der Waals surface area contributed by atoms with Gasteiger partial charge in [-0.3, -0.25) is 0 Å². The Balaban J connectivity index is 1.78. The molecule has 2 aromatic carbocycles. The lowest BCUT2D eigenvalue weighted by Crippen LogP contribution is -2.34. The van der Waals surface area contributed by atoms with Crippen molar-refractivity contribution in [2.24, 2.45) is 0 Å². The van der Waals surface area contributed by atoms with E-state index < -0.39 is 5.97 Å². The summed E-state index contributed by atoms with van der Waals surface area (Å²) in [7, 11) is 1.35. The van der Waals surface area contributed by atoms with Crippen molar-refractivity contribution in [3.8, 4) is 6.07 Å². The quantitative estimate of drug-likeness (QED) is 0.856. The minimum Gasteiger partial charge on any atom is -0.465 e. The third kappa shape index (κ3) is 3.67. The van der Waals surface area contributed by atoms with Gasteiger partial charge >= 0.3 is 12.0 Å². The molecule has 1 atom stereocenters. The van der Waals surface area contributed by atoms with Crippen molar-refractivity contribution in [3.63, 3.8) is 0 Å². The third-order valence-electron chi connectivity index (χ3n) is 4.45. The molecule has 132 valence electrons. The average molecular weight is 349 g/mol. The molecular formula is C20H19N3O3. The van der Waals surface area contributed by atoms with Crippen LogP contribution >= 0.6 is 0 Å². The first-order chi connectivity index (χ1) is 12.6. The summed E-state index contributed by atoms with van der Waals surface area (Å²) in [6, 6.07) is 15.7. The number of anilines is 1. The zero-order chi connectivity index (χ0) is 18.5. The molecule has 1 heterocycles. The lowest BCUT2D eigenvalue weighted by molar-refractivity contribution is 0.0600. The van der Waals surface area contributed by atoms with E-state index in [0.717, 1.165) is 18.4 Å². The number of likely N-dealkylation sites (tertiary alicyclic amines) is 1. The highest BCUT2D eigenvalue weighted by Gasteiger charge is 2.30. The number of methoxy groups -OCH3 is 1. The Labute approximate surface area is 152 Å². The van der Waals surface area contributed by atoms with Gasteiger partial charge < -0.3 is 15.0 Å². The molecule has 1 aliphatic rings. The summed E-state index contributed by atoms with van der Waals surface area (Å²) in [5.41, 5.74) is 2.46. The molecule has 0 saturated carbocycles. The number of hydrogen-bond acceptors (Lipinski definition) is 4. The van der Waals surface area contributed by atoms with Crippen LogP contribution in [0.15, 0.2) is 48.5 Å². The molecule has 0 radical (unpaired) electrons. The van der Waals surface area contributed by atoms with Crippen molar-refractivity contribution in [2.45, 2.75) is 18.9 Å². The fraction of sp³-hybridized carbons (Fsp3) is 0.250. The number of nitrogens with one attached hydrogen (secondary N) is 1. The highest BCUT2D eigenvalue weighted by atomic mass is 16.5. The molecule has 0 spiro atoms.